The summed E-state index contributed by atoms with van der Waals surface area (Å²) in [4.78, 5) is 0. The number of nitrogens with two attached hydrogens (primary N) is 1. The van der Waals surface area contributed by atoms with Gasteiger partial charge in [-0.2, -0.15) is 0 Å². The first-order chi connectivity index (χ1) is 7.00. The molecule has 2 aromatic rings. The van der Waals surface area contributed by atoms with E-state index >= 15 is 0 Å². The quantitative estimate of drug-likeness (QED) is 0.643. The van der Waals surface area contributed by atoms with Gasteiger partial charge in [0.2, 0.25) is 0 Å². The number of fused-ring (bicyclic) bond motifs is 1. The lowest BCUT2D eigenvalue weighted by Crippen LogP contribution is -1.92. The maximum absolute atomic E-state index is 10.0. The van der Waals surface area contributed by atoms with Gasteiger partial charge < -0.3 is 10.8 Å². The normalized spacial score (nSPS) is 10.9. The van der Waals surface area contributed by atoms with Crippen LogP contribution in [0.2, 0.25) is 0 Å². The number of hydrogen-bond donors (Lipinski definition) is 2. The second-order valence-electron chi connectivity index (χ2n) is 4.12. The standard InChI is InChI=1S/C13H15NO/c1-7-4-10-6-8(2)9(3)13(15)12(10)11(14)5-7/h4-6,15H,14H2,1-3H3. The van der Waals surface area contributed by atoms with Crippen LogP contribution in [0.25, 0.3) is 10.8 Å². The minimum absolute atomic E-state index is 0.308. The minimum atomic E-state index is 0.308. The Labute approximate surface area is 89.3 Å². The van der Waals surface area contributed by atoms with Crippen LogP contribution < -0.4 is 5.73 Å². The van der Waals surface area contributed by atoms with Crippen molar-refractivity contribution in [2.75, 3.05) is 5.73 Å². The zero-order chi connectivity index (χ0) is 11.2. The average Bonchev–Trinajstić information content (AvgIpc) is 2.13. The number of aryl methyl sites for hydroxylation is 2. The van der Waals surface area contributed by atoms with Gasteiger partial charge in [-0.05, 0) is 48.9 Å². The third kappa shape index (κ3) is 1.42. The summed E-state index contributed by atoms with van der Waals surface area (Å²) in [5.74, 6) is 0.308. The van der Waals surface area contributed by atoms with Gasteiger partial charge in [0, 0.05) is 11.1 Å². The Balaban J connectivity index is 2.99. The molecule has 0 aliphatic rings. The topological polar surface area (TPSA) is 46.2 Å². The van der Waals surface area contributed by atoms with Crippen LogP contribution in [0, 0.1) is 20.8 Å². The van der Waals surface area contributed by atoms with Crippen molar-refractivity contribution in [1.29, 1.82) is 0 Å². The molecule has 0 unspecified atom stereocenters. The number of phenols is 1. The van der Waals surface area contributed by atoms with E-state index in [2.05, 4.69) is 6.07 Å². The number of nitrogen functional groups attached to an aromatic ring is 1. The third-order valence-electron chi connectivity index (χ3n) is 2.90. The molecule has 0 saturated heterocycles. The first-order valence-corrected chi connectivity index (χ1v) is 4.99. The summed E-state index contributed by atoms with van der Waals surface area (Å²) in [6, 6.07) is 5.99. The molecule has 2 nitrogen and oxygen atoms in total. The van der Waals surface area contributed by atoms with E-state index in [4.69, 9.17) is 5.73 Å². The highest BCUT2D eigenvalue weighted by atomic mass is 16.3. The predicted molar refractivity (Wildman–Crippen MR) is 64.2 cm³/mol. The Morgan fingerprint density at radius 3 is 2.40 bits per heavy atom. The Bertz CT molecular complexity index is 544. The van der Waals surface area contributed by atoms with E-state index in [1.165, 1.54) is 0 Å². The number of aromatic hydroxyl groups is 1. The summed E-state index contributed by atoms with van der Waals surface area (Å²) in [6.07, 6.45) is 0. The van der Waals surface area contributed by atoms with E-state index in [1.807, 2.05) is 32.9 Å². The Hall–Kier alpha value is -1.70. The zero-order valence-corrected chi connectivity index (χ0v) is 9.26. The first-order valence-electron chi connectivity index (χ1n) is 4.99. The molecule has 0 atom stereocenters. The molecule has 0 amide bonds. The molecule has 15 heavy (non-hydrogen) atoms. The summed E-state index contributed by atoms with van der Waals surface area (Å²) in [6.45, 7) is 5.90. The molecule has 78 valence electrons. The number of anilines is 1. The van der Waals surface area contributed by atoms with Crippen molar-refractivity contribution in [3.8, 4) is 5.75 Å². The smallest absolute Gasteiger partial charge is 0.128 e. The van der Waals surface area contributed by atoms with Gasteiger partial charge in [0.25, 0.3) is 0 Å². The van der Waals surface area contributed by atoms with E-state index in [1.54, 1.807) is 0 Å². The van der Waals surface area contributed by atoms with Crippen molar-refractivity contribution >= 4 is 16.5 Å². The fraction of sp³-hybridized carbons (Fsp3) is 0.231. The van der Waals surface area contributed by atoms with Gasteiger partial charge in [-0.15, -0.1) is 0 Å². The van der Waals surface area contributed by atoms with E-state index in [9.17, 15) is 5.11 Å². The van der Waals surface area contributed by atoms with Crippen LogP contribution >= 0.6 is 0 Å². The van der Waals surface area contributed by atoms with Crippen molar-refractivity contribution in [2.45, 2.75) is 20.8 Å². The lowest BCUT2D eigenvalue weighted by Gasteiger charge is -2.11. The maximum Gasteiger partial charge on any atom is 0.128 e. The first kappa shape index (κ1) is 9.84. The molecule has 2 rings (SSSR count). The van der Waals surface area contributed by atoms with Gasteiger partial charge in [-0.3, -0.25) is 0 Å². The zero-order valence-electron chi connectivity index (χ0n) is 9.26. The molecular formula is C13H15NO. The molecule has 0 fully saturated rings. The molecule has 0 aromatic heterocycles. The van der Waals surface area contributed by atoms with E-state index in [-0.39, 0.29) is 0 Å². The van der Waals surface area contributed by atoms with Gasteiger partial charge >= 0.3 is 0 Å². The van der Waals surface area contributed by atoms with Crippen molar-refractivity contribution in [3.63, 3.8) is 0 Å². The summed E-state index contributed by atoms with van der Waals surface area (Å²) in [7, 11) is 0. The summed E-state index contributed by atoms with van der Waals surface area (Å²) in [5.41, 5.74) is 9.66. The molecule has 2 heteroatoms. The molecule has 0 aliphatic heterocycles. The van der Waals surface area contributed by atoms with Gasteiger partial charge in [0.05, 0.1) is 0 Å². The Kier molecular flexibility index (Phi) is 2.07. The van der Waals surface area contributed by atoms with Crippen LogP contribution in [0.4, 0.5) is 5.69 Å². The second kappa shape index (κ2) is 3.16. The number of phenolic OH excluding ortho intramolecular Hbond substituents is 1. The fourth-order valence-corrected chi connectivity index (χ4v) is 1.95. The molecule has 0 radical (unpaired) electrons. The highest BCUT2D eigenvalue weighted by molar-refractivity contribution is 5.99. The fourth-order valence-electron chi connectivity index (χ4n) is 1.95. The van der Waals surface area contributed by atoms with Crippen LogP contribution in [-0.4, -0.2) is 5.11 Å². The summed E-state index contributed by atoms with van der Waals surface area (Å²) >= 11 is 0. The molecule has 0 saturated carbocycles. The van der Waals surface area contributed by atoms with Crippen LogP contribution in [0.5, 0.6) is 5.75 Å². The van der Waals surface area contributed by atoms with Gasteiger partial charge in [-0.1, -0.05) is 12.1 Å². The van der Waals surface area contributed by atoms with E-state index in [0.717, 1.165) is 27.5 Å². The molecular weight excluding hydrogens is 186 g/mol. The SMILES string of the molecule is Cc1cc(N)c2c(O)c(C)c(C)cc2c1. The van der Waals surface area contributed by atoms with Crippen LogP contribution in [0.3, 0.4) is 0 Å². The van der Waals surface area contributed by atoms with E-state index < -0.39 is 0 Å². The van der Waals surface area contributed by atoms with Crippen LogP contribution in [0.15, 0.2) is 18.2 Å². The molecule has 0 aliphatic carbocycles. The molecule has 0 bridgehead atoms. The summed E-state index contributed by atoms with van der Waals surface area (Å²) in [5, 5.41) is 11.8. The minimum Gasteiger partial charge on any atom is -0.507 e. The molecule has 0 spiro atoms. The van der Waals surface area contributed by atoms with Gasteiger partial charge in [0.15, 0.2) is 0 Å². The number of hydrogen-bond acceptors (Lipinski definition) is 2. The Morgan fingerprint density at radius 1 is 1.07 bits per heavy atom. The third-order valence-corrected chi connectivity index (χ3v) is 2.90. The molecule has 3 N–H and O–H groups in total. The Morgan fingerprint density at radius 2 is 1.73 bits per heavy atom. The maximum atomic E-state index is 10.0. The van der Waals surface area contributed by atoms with Crippen LogP contribution in [-0.2, 0) is 0 Å². The lowest BCUT2D eigenvalue weighted by atomic mass is 9.98. The predicted octanol–water partition coefficient (Wildman–Crippen LogP) is 3.05. The lowest BCUT2D eigenvalue weighted by molar-refractivity contribution is 0.477. The largest absolute Gasteiger partial charge is 0.507 e. The van der Waals surface area contributed by atoms with Gasteiger partial charge in [-0.25, -0.2) is 0 Å². The van der Waals surface area contributed by atoms with Crippen molar-refractivity contribution < 1.29 is 5.11 Å². The average molecular weight is 201 g/mol. The number of rotatable bonds is 0. The van der Waals surface area contributed by atoms with Crippen molar-refractivity contribution in [1.82, 2.24) is 0 Å². The monoisotopic (exact) mass is 201 g/mol. The molecule has 2 aromatic carbocycles. The highest BCUT2D eigenvalue weighted by Gasteiger charge is 2.09. The van der Waals surface area contributed by atoms with Crippen molar-refractivity contribution in [2.24, 2.45) is 0 Å². The number of benzene rings is 2. The highest BCUT2D eigenvalue weighted by Crippen LogP contribution is 2.35. The summed E-state index contributed by atoms with van der Waals surface area (Å²) < 4.78 is 0. The molecule has 0 heterocycles. The van der Waals surface area contributed by atoms with E-state index in [0.29, 0.717) is 11.4 Å². The van der Waals surface area contributed by atoms with Crippen molar-refractivity contribution in [3.05, 3.63) is 34.9 Å². The second-order valence-corrected chi connectivity index (χ2v) is 4.12. The van der Waals surface area contributed by atoms with Crippen LogP contribution in [0.1, 0.15) is 16.7 Å². The van der Waals surface area contributed by atoms with Gasteiger partial charge in [0.1, 0.15) is 5.75 Å².